The first-order valence-corrected chi connectivity index (χ1v) is 6.39. The molecule has 0 amide bonds. The molecule has 1 saturated carbocycles. The number of aromatic nitrogens is 3. The molecule has 0 spiro atoms. The van der Waals surface area contributed by atoms with Gasteiger partial charge in [0.1, 0.15) is 0 Å². The minimum atomic E-state index is 0.631. The highest BCUT2D eigenvalue weighted by Crippen LogP contribution is 2.30. The summed E-state index contributed by atoms with van der Waals surface area (Å²) in [5.41, 5.74) is 1.30. The molecule has 1 N–H and O–H groups in total. The molecule has 2 atom stereocenters. The lowest BCUT2D eigenvalue weighted by molar-refractivity contribution is 0.438. The molecule has 0 aliphatic heterocycles. The Balaban J connectivity index is 2.05. The molecule has 16 heavy (non-hydrogen) atoms. The van der Waals surface area contributed by atoms with Gasteiger partial charge in [0.2, 0.25) is 0 Å². The Morgan fingerprint density at radius 3 is 2.94 bits per heavy atom. The summed E-state index contributed by atoms with van der Waals surface area (Å²) >= 11 is 0. The second-order valence-electron chi connectivity index (χ2n) is 4.75. The summed E-state index contributed by atoms with van der Waals surface area (Å²) in [5, 5.41) is 11.6. The SMILES string of the molecule is CCNC1CCCCC(c2cnnn2C)C1. The molecule has 1 aromatic rings. The highest BCUT2D eigenvalue weighted by Gasteiger charge is 2.23. The Morgan fingerprint density at radius 1 is 1.44 bits per heavy atom. The van der Waals surface area contributed by atoms with Gasteiger partial charge in [-0.15, -0.1) is 5.10 Å². The maximum atomic E-state index is 4.04. The van der Waals surface area contributed by atoms with Gasteiger partial charge in [0.05, 0.1) is 11.9 Å². The molecular weight excluding hydrogens is 200 g/mol. The minimum Gasteiger partial charge on any atom is -0.314 e. The first-order chi connectivity index (χ1) is 7.81. The molecule has 0 aromatic carbocycles. The average Bonchev–Trinajstić information content (AvgIpc) is 2.56. The maximum absolute atomic E-state index is 4.04. The van der Waals surface area contributed by atoms with Crippen molar-refractivity contribution in [3.63, 3.8) is 0 Å². The topological polar surface area (TPSA) is 42.7 Å². The van der Waals surface area contributed by atoms with E-state index in [0.717, 1.165) is 6.54 Å². The van der Waals surface area contributed by atoms with E-state index in [1.54, 1.807) is 0 Å². The van der Waals surface area contributed by atoms with Gasteiger partial charge in [0.15, 0.2) is 0 Å². The molecule has 0 saturated heterocycles. The van der Waals surface area contributed by atoms with Crippen LogP contribution >= 0.6 is 0 Å². The van der Waals surface area contributed by atoms with Crippen molar-refractivity contribution in [1.82, 2.24) is 20.3 Å². The highest BCUT2D eigenvalue weighted by molar-refractivity contribution is 5.04. The highest BCUT2D eigenvalue weighted by atomic mass is 15.4. The molecule has 1 aliphatic carbocycles. The Kier molecular flexibility index (Phi) is 3.93. The predicted molar refractivity (Wildman–Crippen MR) is 64.3 cm³/mol. The third-order valence-electron chi connectivity index (χ3n) is 3.58. The second kappa shape index (κ2) is 5.43. The van der Waals surface area contributed by atoms with Gasteiger partial charge >= 0.3 is 0 Å². The number of hydrogen-bond donors (Lipinski definition) is 1. The van der Waals surface area contributed by atoms with E-state index in [4.69, 9.17) is 0 Å². The first kappa shape index (κ1) is 11.6. The van der Waals surface area contributed by atoms with Crippen LogP contribution in [0.25, 0.3) is 0 Å². The molecule has 0 radical (unpaired) electrons. The monoisotopic (exact) mass is 222 g/mol. The van der Waals surface area contributed by atoms with Gasteiger partial charge < -0.3 is 5.32 Å². The van der Waals surface area contributed by atoms with Gasteiger partial charge in [-0.1, -0.05) is 25.0 Å². The standard InChI is InChI=1S/C12H22N4/c1-3-13-11-7-5-4-6-10(8-11)12-9-14-15-16(12)2/h9-11,13H,3-8H2,1-2H3. The number of nitrogens with one attached hydrogen (secondary N) is 1. The number of nitrogens with zero attached hydrogens (tertiary/aromatic N) is 3. The molecule has 2 rings (SSSR count). The smallest absolute Gasteiger partial charge is 0.0727 e. The van der Waals surface area contributed by atoms with Crippen molar-refractivity contribution in [3.8, 4) is 0 Å². The lowest BCUT2D eigenvalue weighted by atomic mass is 9.95. The molecule has 1 fully saturated rings. The molecular formula is C12H22N4. The Bertz CT molecular complexity index is 321. The van der Waals surface area contributed by atoms with E-state index in [2.05, 4.69) is 22.6 Å². The third kappa shape index (κ3) is 2.61. The van der Waals surface area contributed by atoms with Gasteiger partial charge in [-0.25, -0.2) is 0 Å². The molecule has 1 aromatic heterocycles. The summed E-state index contributed by atoms with van der Waals surface area (Å²) in [6.45, 7) is 3.26. The summed E-state index contributed by atoms with van der Waals surface area (Å²) in [4.78, 5) is 0. The van der Waals surface area contributed by atoms with Crippen LogP contribution in [0.2, 0.25) is 0 Å². The van der Waals surface area contributed by atoms with Crippen LogP contribution in [0.3, 0.4) is 0 Å². The summed E-state index contributed by atoms with van der Waals surface area (Å²) in [6.07, 6.45) is 8.43. The largest absolute Gasteiger partial charge is 0.314 e. The van der Waals surface area contributed by atoms with E-state index in [1.165, 1.54) is 37.8 Å². The van der Waals surface area contributed by atoms with Crippen LogP contribution in [0.4, 0.5) is 0 Å². The van der Waals surface area contributed by atoms with Crippen molar-refractivity contribution in [2.45, 2.75) is 51.0 Å². The Morgan fingerprint density at radius 2 is 2.25 bits per heavy atom. The zero-order chi connectivity index (χ0) is 11.4. The fourth-order valence-corrected chi connectivity index (χ4v) is 2.77. The number of hydrogen-bond acceptors (Lipinski definition) is 3. The summed E-state index contributed by atoms with van der Waals surface area (Å²) < 4.78 is 1.93. The summed E-state index contributed by atoms with van der Waals surface area (Å²) in [6, 6.07) is 0.674. The van der Waals surface area contributed by atoms with Crippen LogP contribution in [-0.2, 0) is 7.05 Å². The van der Waals surface area contributed by atoms with Crippen LogP contribution in [0.5, 0.6) is 0 Å². The normalized spacial score (nSPS) is 26.6. The number of rotatable bonds is 3. The van der Waals surface area contributed by atoms with Crippen molar-refractivity contribution in [2.24, 2.45) is 7.05 Å². The van der Waals surface area contributed by atoms with E-state index in [0.29, 0.717) is 12.0 Å². The Hall–Kier alpha value is -0.900. The lowest BCUT2D eigenvalue weighted by Crippen LogP contribution is -2.29. The van der Waals surface area contributed by atoms with E-state index in [1.807, 2.05) is 17.9 Å². The first-order valence-electron chi connectivity index (χ1n) is 6.39. The molecule has 4 nitrogen and oxygen atoms in total. The third-order valence-corrected chi connectivity index (χ3v) is 3.58. The molecule has 1 heterocycles. The molecule has 0 bridgehead atoms. The lowest BCUT2D eigenvalue weighted by Gasteiger charge is -2.20. The quantitative estimate of drug-likeness (QED) is 0.794. The second-order valence-corrected chi connectivity index (χ2v) is 4.75. The minimum absolute atomic E-state index is 0.631. The van der Waals surface area contributed by atoms with E-state index in [-0.39, 0.29) is 0 Å². The molecule has 1 aliphatic rings. The summed E-state index contributed by atoms with van der Waals surface area (Å²) in [5.74, 6) is 0.631. The van der Waals surface area contributed by atoms with Crippen LogP contribution in [0.1, 0.15) is 50.6 Å². The van der Waals surface area contributed by atoms with Crippen molar-refractivity contribution in [1.29, 1.82) is 0 Å². The molecule has 2 unspecified atom stereocenters. The van der Waals surface area contributed by atoms with Crippen LogP contribution in [-0.4, -0.2) is 27.6 Å². The fourth-order valence-electron chi connectivity index (χ4n) is 2.77. The van der Waals surface area contributed by atoms with E-state index >= 15 is 0 Å². The molecule has 4 heteroatoms. The van der Waals surface area contributed by atoms with Gasteiger partial charge in [-0.3, -0.25) is 4.68 Å². The Labute approximate surface area is 97.4 Å². The maximum Gasteiger partial charge on any atom is 0.0727 e. The van der Waals surface area contributed by atoms with Crippen molar-refractivity contribution in [2.75, 3.05) is 6.54 Å². The van der Waals surface area contributed by atoms with Crippen molar-refractivity contribution in [3.05, 3.63) is 11.9 Å². The van der Waals surface area contributed by atoms with Gasteiger partial charge in [0, 0.05) is 19.0 Å². The van der Waals surface area contributed by atoms with Crippen molar-refractivity contribution >= 4 is 0 Å². The zero-order valence-corrected chi connectivity index (χ0v) is 10.3. The average molecular weight is 222 g/mol. The van der Waals surface area contributed by atoms with Gasteiger partial charge in [0.25, 0.3) is 0 Å². The fraction of sp³-hybridized carbons (Fsp3) is 0.833. The predicted octanol–water partition coefficient (Wildman–Crippen LogP) is 1.84. The number of aryl methyl sites for hydroxylation is 1. The summed E-state index contributed by atoms with van der Waals surface area (Å²) in [7, 11) is 2.00. The van der Waals surface area contributed by atoms with Gasteiger partial charge in [-0.05, 0) is 25.8 Å². The van der Waals surface area contributed by atoms with Crippen LogP contribution in [0.15, 0.2) is 6.20 Å². The van der Waals surface area contributed by atoms with E-state index < -0.39 is 0 Å². The zero-order valence-electron chi connectivity index (χ0n) is 10.3. The molecule has 90 valence electrons. The van der Waals surface area contributed by atoms with Crippen LogP contribution in [0, 0.1) is 0 Å². The van der Waals surface area contributed by atoms with Crippen LogP contribution < -0.4 is 5.32 Å². The van der Waals surface area contributed by atoms with Gasteiger partial charge in [-0.2, -0.15) is 0 Å². The van der Waals surface area contributed by atoms with Crippen molar-refractivity contribution < 1.29 is 0 Å². The van der Waals surface area contributed by atoms with E-state index in [9.17, 15) is 0 Å².